The molecule has 0 amide bonds. The minimum absolute atomic E-state index is 0.147. The van der Waals surface area contributed by atoms with Crippen LogP contribution in [0.4, 0.5) is 0 Å². The summed E-state index contributed by atoms with van der Waals surface area (Å²) in [5.74, 6) is 1.05. The lowest BCUT2D eigenvalue weighted by Gasteiger charge is -2.24. The molecule has 0 unspecified atom stereocenters. The summed E-state index contributed by atoms with van der Waals surface area (Å²) >= 11 is 0. The molecule has 0 saturated heterocycles. The van der Waals surface area contributed by atoms with Crippen molar-refractivity contribution in [2.45, 2.75) is 59.8 Å². The predicted molar refractivity (Wildman–Crippen MR) is 80.9 cm³/mol. The van der Waals surface area contributed by atoms with Crippen LogP contribution in [0.3, 0.4) is 0 Å². The highest BCUT2D eigenvalue weighted by molar-refractivity contribution is 5.51. The Morgan fingerprint density at radius 1 is 1.11 bits per heavy atom. The van der Waals surface area contributed by atoms with E-state index in [2.05, 4.69) is 71.7 Å². The van der Waals surface area contributed by atoms with Gasteiger partial charge in [-0.15, -0.1) is 0 Å². The van der Waals surface area contributed by atoms with Crippen molar-refractivity contribution in [2.75, 3.05) is 0 Å². The van der Waals surface area contributed by atoms with Gasteiger partial charge in [0.25, 0.3) is 0 Å². The Morgan fingerprint density at radius 2 is 1.72 bits per heavy atom. The third kappa shape index (κ3) is 3.97. The van der Waals surface area contributed by atoms with Crippen LogP contribution in [0, 0.1) is 5.92 Å². The van der Waals surface area contributed by atoms with E-state index in [1.807, 2.05) is 6.20 Å². The van der Waals surface area contributed by atoms with Crippen molar-refractivity contribution in [3.8, 4) is 0 Å². The van der Waals surface area contributed by atoms with Gasteiger partial charge in [-0.2, -0.15) is 0 Å². The van der Waals surface area contributed by atoms with Gasteiger partial charge < -0.3 is 0 Å². The van der Waals surface area contributed by atoms with E-state index in [1.165, 1.54) is 16.8 Å². The Hall–Kier alpha value is -1.11. The molecule has 1 aromatic rings. The molecule has 0 radical (unpaired) electrons. The highest BCUT2D eigenvalue weighted by Crippen LogP contribution is 2.30. The molecule has 0 fully saturated rings. The topological polar surface area (TPSA) is 12.9 Å². The number of nitrogens with zero attached hydrogens (tertiary/aromatic N) is 1. The molecule has 0 aliphatic rings. The van der Waals surface area contributed by atoms with E-state index in [0.717, 1.165) is 0 Å². The second-order valence-corrected chi connectivity index (χ2v) is 6.71. The number of hydrogen-bond donors (Lipinski definition) is 0. The molecule has 1 rings (SSSR count). The van der Waals surface area contributed by atoms with Crippen LogP contribution in [-0.2, 0) is 5.41 Å². The Morgan fingerprint density at radius 3 is 2.17 bits per heavy atom. The van der Waals surface area contributed by atoms with Gasteiger partial charge in [0.2, 0.25) is 0 Å². The average Bonchev–Trinajstić information content (AvgIpc) is 2.24. The first-order chi connectivity index (χ1) is 8.21. The maximum absolute atomic E-state index is 4.67. The van der Waals surface area contributed by atoms with Gasteiger partial charge in [0.1, 0.15) is 0 Å². The molecule has 0 aliphatic carbocycles. The molecule has 0 atom stereocenters. The van der Waals surface area contributed by atoms with E-state index in [0.29, 0.717) is 11.8 Å². The fraction of sp³-hybridized carbons (Fsp3) is 0.588. The number of allylic oxidation sites excluding steroid dienone is 1. The lowest BCUT2D eigenvalue weighted by molar-refractivity contribution is 0.570. The van der Waals surface area contributed by atoms with Crippen molar-refractivity contribution in [1.82, 2.24) is 4.98 Å². The maximum atomic E-state index is 4.67. The quantitative estimate of drug-likeness (QED) is 0.715. The van der Waals surface area contributed by atoms with Crippen LogP contribution in [0.5, 0.6) is 0 Å². The van der Waals surface area contributed by atoms with E-state index in [4.69, 9.17) is 0 Å². The zero-order chi connectivity index (χ0) is 13.9. The van der Waals surface area contributed by atoms with E-state index >= 15 is 0 Å². The first-order valence-corrected chi connectivity index (χ1v) is 6.90. The Balaban J connectivity index is 3.22. The standard InChI is InChI=1S/C17H27N/c1-12(2)8-9-14-10-15(17(5,6)7)16(13(3)4)18-11-14/h8-13H,1-7H3/b9-8+. The summed E-state index contributed by atoms with van der Waals surface area (Å²) in [6, 6.07) is 2.29. The zero-order valence-electron chi connectivity index (χ0n) is 12.9. The zero-order valence-corrected chi connectivity index (χ0v) is 12.9. The average molecular weight is 245 g/mol. The normalized spacial score (nSPS) is 12.9. The molecule has 18 heavy (non-hydrogen) atoms. The number of hydrogen-bond acceptors (Lipinski definition) is 1. The van der Waals surface area contributed by atoms with Crippen molar-refractivity contribution < 1.29 is 0 Å². The van der Waals surface area contributed by atoms with Crippen LogP contribution in [-0.4, -0.2) is 4.98 Å². The minimum Gasteiger partial charge on any atom is -0.260 e. The first kappa shape index (κ1) is 14.9. The largest absolute Gasteiger partial charge is 0.260 e. The first-order valence-electron chi connectivity index (χ1n) is 6.90. The van der Waals surface area contributed by atoms with E-state index < -0.39 is 0 Å². The van der Waals surface area contributed by atoms with Crippen molar-refractivity contribution >= 4 is 6.08 Å². The highest BCUT2D eigenvalue weighted by Gasteiger charge is 2.20. The summed E-state index contributed by atoms with van der Waals surface area (Å²) < 4.78 is 0. The molecule has 1 aromatic heterocycles. The molecular weight excluding hydrogens is 218 g/mol. The lowest BCUT2D eigenvalue weighted by Crippen LogP contribution is -2.16. The third-order valence-corrected chi connectivity index (χ3v) is 2.97. The van der Waals surface area contributed by atoms with Crippen molar-refractivity contribution in [1.29, 1.82) is 0 Å². The molecule has 1 nitrogen and oxygen atoms in total. The van der Waals surface area contributed by atoms with Crippen LogP contribution in [0.25, 0.3) is 6.08 Å². The SMILES string of the molecule is CC(C)/C=C/c1cnc(C(C)C)c(C(C)(C)C)c1. The molecule has 0 saturated carbocycles. The third-order valence-electron chi connectivity index (χ3n) is 2.97. The monoisotopic (exact) mass is 245 g/mol. The van der Waals surface area contributed by atoms with Gasteiger partial charge in [0.05, 0.1) is 0 Å². The van der Waals surface area contributed by atoms with Crippen LogP contribution in [0.1, 0.15) is 71.2 Å². The smallest absolute Gasteiger partial charge is 0.0466 e. The van der Waals surface area contributed by atoms with Gasteiger partial charge in [-0.1, -0.05) is 60.6 Å². The summed E-state index contributed by atoms with van der Waals surface area (Å²) in [5.41, 5.74) is 3.94. The molecular formula is C17H27N. The number of pyridine rings is 1. The summed E-state index contributed by atoms with van der Waals surface area (Å²) in [4.78, 5) is 4.67. The summed E-state index contributed by atoms with van der Waals surface area (Å²) in [6.45, 7) is 15.6. The second-order valence-electron chi connectivity index (χ2n) is 6.71. The number of aromatic nitrogens is 1. The van der Waals surface area contributed by atoms with E-state index in [9.17, 15) is 0 Å². The Kier molecular flexibility index (Phi) is 4.72. The molecule has 0 spiro atoms. The Labute approximate surface area is 112 Å². The van der Waals surface area contributed by atoms with Gasteiger partial charge in [0.15, 0.2) is 0 Å². The van der Waals surface area contributed by atoms with Gasteiger partial charge in [-0.3, -0.25) is 4.98 Å². The molecule has 1 heterocycles. The van der Waals surface area contributed by atoms with E-state index in [-0.39, 0.29) is 5.41 Å². The summed E-state index contributed by atoms with van der Waals surface area (Å²) in [5, 5.41) is 0. The van der Waals surface area contributed by atoms with Crippen LogP contribution in [0.15, 0.2) is 18.3 Å². The highest BCUT2D eigenvalue weighted by atomic mass is 14.7. The second kappa shape index (κ2) is 5.69. The van der Waals surface area contributed by atoms with Crippen molar-refractivity contribution in [3.63, 3.8) is 0 Å². The molecule has 100 valence electrons. The van der Waals surface area contributed by atoms with Gasteiger partial charge in [-0.25, -0.2) is 0 Å². The fourth-order valence-electron chi connectivity index (χ4n) is 1.95. The lowest BCUT2D eigenvalue weighted by atomic mass is 9.82. The van der Waals surface area contributed by atoms with Crippen molar-refractivity contribution in [3.05, 3.63) is 35.2 Å². The van der Waals surface area contributed by atoms with Crippen LogP contribution < -0.4 is 0 Å². The number of rotatable bonds is 3. The van der Waals surface area contributed by atoms with Gasteiger partial charge >= 0.3 is 0 Å². The molecule has 0 aliphatic heterocycles. The summed E-state index contributed by atoms with van der Waals surface area (Å²) in [7, 11) is 0. The maximum Gasteiger partial charge on any atom is 0.0466 e. The minimum atomic E-state index is 0.147. The van der Waals surface area contributed by atoms with Gasteiger partial charge in [0, 0.05) is 11.9 Å². The predicted octanol–water partition coefficient (Wildman–Crippen LogP) is 5.17. The van der Waals surface area contributed by atoms with Crippen LogP contribution >= 0.6 is 0 Å². The molecule has 0 N–H and O–H groups in total. The van der Waals surface area contributed by atoms with Gasteiger partial charge in [-0.05, 0) is 34.4 Å². The molecule has 0 aromatic carbocycles. The molecule has 1 heteroatoms. The van der Waals surface area contributed by atoms with Crippen molar-refractivity contribution in [2.24, 2.45) is 5.92 Å². The molecule has 0 bridgehead atoms. The van der Waals surface area contributed by atoms with E-state index in [1.54, 1.807) is 0 Å². The Bertz CT molecular complexity index is 420. The fourth-order valence-corrected chi connectivity index (χ4v) is 1.95. The summed E-state index contributed by atoms with van der Waals surface area (Å²) in [6.07, 6.45) is 6.39. The van der Waals surface area contributed by atoms with Crippen LogP contribution in [0.2, 0.25) is 0 Å².